The van der Waals surface area contributed by atoms with Gasteiger partial charge in [-0.3, -0.25) is 0 Å². The second kappa shape index (κ2) is 7.66. The third kappa shape index (κ3) is 4.10. The molecule has 3 fully saturated rings. The molecule has 25 heavy (non-hydrogen) atoms. The number of nitriles is 1. The fourth-order valence-corrected chi connectivity index (χ4v) is 4.67. The van der Waals surface area contributed by atoms with Gasteiger partial charge in [0, 0.05) is 37.8 Å². The SMILES string of the molecule is CCOc1ccc(N2CC3CN(CCCC#N)CC2C(C)(C)C3)cc1. The van der Waals surface area contributed by atoms with E-state index in [1.54, 1.807) is 0 Å². The quantitative estimate of drug-likeness (QED) is 0.735. The number of piperidine rings is 1. The number of benzene rings is 1. The standard InChI is InChI=1S/C21H31N3O/c1-4-25-19-9-7-18(8-10-19)24-15-17-13-21(2,3)20(24)16-23(14-17)12-6-5-11-22/h7-10,17,20H,4-6,12-16H2,1-3H3. The van der Waals surface area contributed by atoms with Crippen LogP contribution in [-0.4, -0.2) is 43.7 Å². The summed E-state index contributed by atoms with van der Waals surface area (Å²) in [5.74, 6) is 1.64. The summed E-state index contributed by atoms with van der Waals surface area (Å²) in [7, 11) is 0. The molecule has 136 valence electrons. The molecule has 4 heteroatoms. The number of rotatable bonds is 6. The molecule has 0 saturated carbocycles. The van der Waals surface area contributed by atoms with Gasteiger partial charge < -0.3 is 14.5 Å². The van der Waals surface area contributed by atoms with Crippen LogP contribution in [0.4, 0.5) is 5.69 Å². The van der Waals surface area contributed by atoms with Crippen LogP contribution in [0.3, 0.4) is 0 Å². The molecule has 4 rings (SSSR count). The Bertz CT molecular complexity index is 605. The number of hydrogen-bond donors (Lipinski definition) is 0. The van der Waals surface area contributed by atoms with Crippen LogP contribution in [0.25, 0.3) is 0 Å². The fourth-order valence-electron chi connectivity index (χ4n) is 4.67. The first-order valence-electron chi connectivity index (χ1n) is 9.62. The van der Waals surface area contributed by atoms with Gasteiger partial charge in [0.15, 0.2) is 0 Å². The van der Waals surface area contributed by atoms with Gasteiger partial charge >= 0.3 is 0 Å². The van der Waals surface area contributed by atoms with Crippen molar-refractivity contribution < 1.29 is 4.74 Å². The van der Waals surface area contributed by atoms with Crippen molar-refractivity contribution in [3.05, 3.63) is 24.3 Å². The molecule has 3 aliphatic rings. The van der Waals surface area contributed by atoms with Crippen molar-refractivity contribution in [1.29, 1.82) is 5.26 Å². The molecule has 3 saturated heterocycles. The minimum atomic E-state index is 0.311. The highest BCUT2D eigenvalue weighted by atomic mass is 16.5. The van der Waals surface area contributed by atoms with E-state index in [0.29, 0.717) is 30.4 Å². The Morgan fingerprint density at radius 2 is 1.96 bits per heavy atom. The van der Waals surface area contributed by atoms with Crippen LogP contribution >= 0.6 is 0 Å². The van der Waals surface area contributed by atoms with Crippen LogP contribution in [0.2, 0.25) is 0 Å². The maximum absolute atomic E-state index is 8.82. The van der Waals surface area contributed by atoms with Crippen molar-refractivity contribution >= 4 is 5.69 Å². The number of anilines is 1. The lowest BCUT2D eigenvalue weighted by Crippen LogP contribution is -2.53. The summed E-state index contributed by atoms with van der Waals surface area (Å²) in [6.45, 7) is 12.0. The van der Waals surface area contributed by atoms with Crippen LogP contribution in [0.15, 0.2) is 24.3 Å². The molecule has 0 radical (unpaired) electrons. The number of hydrogen-bond acceptors (Lipinski definition) is 4. The first-order chi connectivity index (χ1) is 12.0. The van der Waals surface area contributed by atoms with E-state index in [9.17, 15) is 0 Å². The zero-order valence-electron chi connectivity index (χ0n) is 15.9. The van der Waals surface area contributed by atoms with Gasteiger partial charge in [0.1, 0.15) is 5.75 Å². The molecule has 1 aromatic rings. The lowest BCUT2D eigenvalue weighted by molar-refractivity contribution is 0.190. The van der Waals surface area contributed by atoms with Gasteiger partial charge in [-0.2, -0.15) is 5.26 Å². The second-order valence-corrected chi connectivity index (χ2v) is 8.18. The third-order valence-electron chi connectivity index (χ3n) is 5.74. The molecule has 2 bridgehead atoms. The number of unbranched alkanes of at least 4 members (excludes halogenated alkanes) is 1. The maximum Gasteiger partial charge on any atom is 0.119 e. The molecule has 1 aromatic carbocycles. The van der Waals surface area contributed by atoms with Gasteiger partial charge in [-0.1, -0.05) is 13.8 Å². The monoisotopic (exact) mass is 341 g/mol. The Kier molecular flexibility index (Phi) is 5.54. The predicted octanol–water partition coefficient (Wildman–Crippen LogP) is 3.93. The fraction of sp³-hybridized carbons (Fsp3) is 0.667. The lowest BCUT2D eigenvalue weighted by Gasteiger charge is -2.48. The number of nitrogens with zero attached hydrogens (tertiary/aromatic N) is 3. The molecule has 3 aliphatic heterocycles. The number of fused-ring (bicyclic) bond motifs is 4. The molecule has 0 N–H and O–H groups in total. The predicted molar refractivity (Wildman–Crippen MR) is 102 cm³/mol. The minimum absolute atomic E-state index is 0.311. The molecule has 2 atom stereocenters. The van der Waals surface area contributed by atoms with E-state index in [4.69, 9.17) is 10.00 Å². The van der Waals surface area contributed by atoms with Crippen molar-refractivity contribution in [2.75, 3.05) is 37.7 Å². The summed E-state index contributed by atoms with van der Waals surface area (Å²) in [5.41, 5.74) is 1.62. The Morgan fingerprint density at radius 3 is 2.64 bits per heavy atom. The normalized spacial score (nSPS) is 25.4. The van der Waals surface area contributed by atoms with Gasteiger partial charge in [0.2, 0.25) is 0 Å². The van der Waals surface area contributed by atoms with Gasteiger partial charge in [0.25, 0.3) is 0 Å². The highest BCUT2D eigenvalue weighted by Crippen LogP contribution is 2.43. The Hall–Kier alpha value is -1.73. The van der Waals surface area contributed by atoms with Gasteiger partial charge in [0.05, 0.1) is 12.7 Å². The van der Waals surface area contributed by atoms with Crippen molar-refractivity contribution in [2.24, 2.45) is 11.3 Å². The van der Waals surface area contributed by atoms with Crippen molar-refractivity contribution in [3.63, 3.8) is 0 Å². The maximum atomic E-state index is 8.82. The molecule has 0 aromatic heterocycles. The molecule has 0 aliphatic carbocycles. The van der Waals surface area contributed by atoms with Crippen LogP contribution in [-0.2, 0) is 0 Å². The summed E-state index contributed by atoms with van der Waals surface area (Å²) >= 11 is 0. The molecule has 2 unspecified atom stereocenters. The largest absolute Gasteiger partial charge is 0.494 e. The van der Waals surface area contributed by atoms with E-state index in [0.717, 1.165) is 31.8 Å². The first kappa shape index (κ1) is 18.1. The Morgan fingerprint density at radius 1 is 1.20 bits per heavy atom. The zero-order chi connectivity index (χ0) is 17.9. The zero-order valence-corrected chi connectivity index (χ0v) is 15.9. The molecular weight excluding hydrogens is 310 g/mol. The summed E-state index contributed by atoms with van der Waals surface area (Å²) in [6.07, 6.45) is 2.94. The number of ether oxygens (including phenoxy) is 1. The highest BCUT2D eigenvalue weighted by molar-refractivity contribution is 5.51. The summed E-state index contributed by atoms with van der Waals surface area (Å²) in [5, 5.41) is 8.82. The van der Waals surface area contributed by atoms with Gasteiger partial charge in [-0.15, -0.1) is 0 Å². The van der Waals surface area contributed by atoms with Crippen LogP contribution < -0.4 is 9.64 Å². The average molecular weight is 341 g/mol. The van der Waals surface area contributed by atoms with E-state index >= 15 is 0 Å². The Balaban J connectivity index is 1.78. The third-order valence-corrected chi connectivity index (χ3v) is 5.74. The van der Waals surface area contributed by atoms with Gasteiger partial charge in [-0.05, 0) is 61.9 Å². The van der Waals surface area contributed by atoms with E-state index in [1.807, 2.05) is 6.92 Å². The molecular formula is C21H31N3O. The van der Waals surface area contributed by atoms with E-state index < -0.39 is 0 Å². The van der Waals surface area contributed by atoms with E-state index in [2.05, 4.69) is 54.0 Å². The van der Waals surface area contributed by atoms with Crippen molar-refractivity contribution in [3.8, 4) is 11.8 Å². The van der Waals surface area contributed by atoms with Crippen LogP contribution in [0.5, 0.6) is 5.75 Å². The molecule has 0 spiro atoms. The first-order valence-corrected chi connectivity index (χ1v) is 9.62. The Labute approximate surface area is 152 Å². The lowest BCUT2D eigenvalue weighted by atomic mass is 9.73. The minimum Gasteiger partial charge on any atom is -0.494 e. The van der Waals surface area contributed by atoms with E-state index in [-0.39, 0.29) is 0 Å². The van der Waals surface area contributed by atoms with Gasteiger partial charge in [-0.25, -0.2) is 0 Å². The highest BCUT2D eigenvalue weighted by Gasteiger charge is 2.45. The smallest absolute Gasteiger partial charge is 0.119 e. The summed E-state index contributed by atoms with van der Waals surface area (Å²) in [6, 6.07) is 11.4. The molecule has 3 heterocycles. The molecule has 0 amide bonds. The summed E-state index contributed by atoms with van der Waals surface area (Å²) in [4.78, 5) is 5.21. The molecule has 4 nitrogen and oxygen atoms in total. The second-order valence-electron chi connectivity index (χ2n) is 8.18. The van der Waals surface area contributed by atoms with Crippen molar-refractivity contribution in [1.82, 2.24) is 4.90 Å². The van der Waals surface area contributed by atoms with Crippen molar-refractivity contribution in [2.45, 2.75) is 46.1 Å². The van der Waals surface area contributed by atoms with E-state index in [1.165, 1.54) is 18.7 Å². The van der Waals surface area contributed by atoms with Crippen LogP contribution in [0.1, 0.15) is 40.0 Å². The topological polar surface area (TPSA) is 39.5 Å². The summed E-state index contributed by atoms with van der Waals surface area (Å²) < 4.78 is 5.59. The average Bonchev–Trinajstić information content (AvgIpc) is 2.82. The van der Waals surface area contributed by atoms with Crippen LogP contribution in [0, 0.1) is 22.7 Å².